The number of hydrogen-bond donors (Lipinski definition) is 1. The summed E-state index contributed by atoms with van der Waals surface area (Å²) in [6, 6.07) is 13.4. The Morgan fingerprint density at radius 3 is 2.59 bits per heavy atom. The third kappa shape index (κ3) is 4.43. The second-order valence-electron chi connectivity index (χ2n) is 7.47. The minimum absolute atomic E-state index is 0.111. The number of benzene rings is 2. The van der Waals surface area contributed by atoms with Crippen LogP contribution in [0.15, 0.2) is 47.0 Å². The van der Waals surface area contributed by atoms with Crippen LogP contribution in [0.4, 0.5) is 10.5 Å². The molecule has 29 heavy (non-hydrogen) atoms. The number of piperidine rings is 1. The van der Waals surface area contributed by atoms with Gasteiger partial charge in [0, 0.05) is 35.3 Å². The summed E-state index contributed by atoms with van der Waals surface area (Å²) in [6.07, 6.45) is 1.58. The number of urea groups is 1. The van der Waals surface area contributed by atoms with Gasteiger partial charge >= 0.3 is 6.03 Å². The van der Waals surface area contributed by atoms with E-state index < -0.39 is 0 Å². The van der Waals surface area contributed by atoms with Crippen LogP contribution in [0.2, 0.25) is 5.02 Å². The Morgan fingerprint density at radius 1 is 1.14 bits per heavy atom. The van der Waals surface area contributed by atoms with Gasteiger partial charge in [-0.2, -0.15) is 4.98 Å². The number of likely N-dealkylation sites (tertiary alicyclic amines) is 1. The molecule has 0 radical (unpaired) electrons. The van der Waals surface area contributed by atoms with Crippen LogP contribution >= 0.6 is 11.6 Å². The van der Waals surface area contributed by atoms with Gasteiger partial charge in [0.1, 0.15) is 0 Å². The zero-order chi connectivity index (χ0) is 20.4. The lowest BCUT2D eigenvalue weighted by Gasteiger charge is -2.30. The largest absolute Gasteiger partial charge is 0.339 e. The van der Waals surface area contributed by atoms with Crippen molar-refractivity contribution in [1.29, 1.82) is 0 Å². The lowest BCUT2D eigenvalue weighted by atomic mass is 9.97. The number of rotatable bonds is 3. The first kappa shape index (κ1) is 19.5. The van der Waals surface area contributed by atoms with Crippen LogP contribution in [0.25, 0.3) is 11.4 Å². The Hall–Kier alpha value is -2.86. The summed E-state index contributed by atoms with van der Waals surface area (Å²) in [4.78, 5) is 19.0. The van der Waals surface area contributed by atoms with E-state index in [9.17, 15) is 4.79 Å². The highest BCUT2D eigenvalue weighted by molar-refractivity contribution is 6.31. The molecule has 1 aromatic heterocycles. The smallest absolute Gasteiger partial charge is 0.321 e. The highest BCUT2D eigenvalue weighted by atomic mass is 35.5. The predicted octanol–water partition coefficient (Wildman–Crippen LogP) is 5.42. The Balaban J connectivity index is 1.36. The number of anilines is 1. The second-order valence-corrected chi connectivity index (χ2v) is 7.91. The molecule has 2 amide bonds. The van der Waals surface area contributed by atoms with E-state index in [0.29, 0.717) is 29.8 Å². The number of amides is 2. The SMILES string of the molecule is Cc1ccc(-c2noc(C3CCN(C(=O)Nc4cc(Cl)ccc4C)CC3)n2)cc1. The number of carbonyl (C=O) groups is 1. The fourth-order valence-corrected chi connectivity index (χ4v) is 3.65. The lowest BCUT2D eigenvalue weighted by Crippen LogP contribution is -2.40. The van der Waals surface area contributed by atoms with Crippen molar-refractivity contribution in [3.05, 3.63) is 64.5 Å². The number of halogens is 1. The molecule has 1 aliphatic rings. The first-order valence-corrected chi connectivity index (χ1v) is 10.1. The molecule has 0 spiro atoms. The van der Waals surface area contributed by atoms with Gasteiger partial charge in [-0.1, -0.05) is 52.7 Å². The minimum atomic E-state index is -0.111. The molecule has 1 fully saturated rings. The molecular weight excluding hydrogens is 388 g/mol. The van der Waals surface area contributed by atoms with E-state index in [0.717, 1.165) is 29.7 Å². The van der Waals surface area contributed by atoms with Crippen molar-refractivity contribution in [3.63, 3.8) is 0 Å². The van der Waals surface area contributed by atoms with Crippen molar-refractivity contribution < 1.29 is 9.32 Å². The zero-order valence-electron chi connectivity index (χ0n) is 16.5. The molecule has 0 unspecified atom stereocenters. The van der Waals surface area contributed by atoms with Crippen molar-refractivity contribution in [2.45, 2.75) is 32.6 Å². The first-order chi connectivity index (χ1) is 14.0. The van der Waals surface area contributed by atoms with Crippen LogP contribution in [-0.2, 0) is 0 Å². The van der Waals surface area contributed by atoms with E-state index in [1.807, 2.05) is 55.1 Å². The summed E-state index contributed by atoms with van der Waals surface area (Å²) in [6.45, 7) is 5.26. The highest BCUT2D eigenvalue weighted by Gasteiger charge is 2.28. The van der Waals surface area contributed by atoms with Gasteiger partial charge in [-0.25, -0.2) is 4.79 Å². The van der Waals surface area contributed by atoms with E-state index >= 15 is 0 Å². The maximum atomic E-state index is 12.6. The number of aromatic nitrogens is 2. The zero-order valence-corrected chi connectivity index (χ0v) is 17.2. The summed E-state index contributed by atoms with van der Waals surface area (Å²) in [5.41, 5.74) is 3.85. The summed E-state index contributed by atoms with van der Waals surface area (Å²) >= 11 is 6.04. The topological polar surface area (TPSA) is 71.3 Å². The van der Waals surface area contributed by atoms with Crippen molar-refractivity contribution in [1.82, 2.24) is 15.0 Å². The van der Waals surface area contributed by atoms with Gasteiger partial charge in [0.2, 0.25) is 11.7 Å². The highest BCUT2D eigenvalue weighted by Crippen LogP contribution is 2.29. The number of aryl methyl sites for hydroxylation is 2. The molecule has 1 aliphatic heterocycles. The number of nitrogens with one attached hydrogen (secondary N) is 1. The van der Waals surface area contributed by atoms with Crippen molar-refractivity contribution in [2.75, 3.05) is 18.4 Å². The van der Waals surface area contributed by atoms with Crippen molar-refractivity contribution >= 4 is 23.3 Å². The first-order valence-electron chi connectivity index (χ1n) is 9.72. The standard InChI is InChI=1S/C22H23ClN4O2/c1-14-3-6-16(7-4-14)20-25-21(29-26-20)17-9-11-27(12-10-17)22(28)24-19-13-18(23)8-5-15(19)2/h3-8,13,17H,9-12H2,1-2H3,(H,24,28). The van der Waals surface area contributed by atoms with Gasteiger partial charge in [0.15, 0.2) is 0 Å². The molecule has 0 atom stereocenters. The average Bonchev–Trinajstić information content (AvgIpc) is 3.21. The molecule has 2 aromatic carbocycles. The van der Waals surface area contributed by atoms with E-state index in [2.05, 4.69) is 15.5 Å². The molecule has 6 nitrogen and oxygen atoms in total. The Labute approximate surface area is 174 Å². The summed E-state index contributed by atoms with van der Waals surface area (Å²) in [5, 5.41) is 7.69. The fourth-order valence-electron chi connectivity index (χ4n) is 3.47. The summed E-state index contributed by atoms with van der Waals surface area (Å²) < 4.78 is 5.51. The van der Waals surface area contributed by atoms with E-state index in [1.54, 1.807) is 6.07 Å². The molecule has 4 rings (SSSR count). The third-order valence-corrected chi connectivity index (χ3v) is 5.56. The Kier molecular flexibility index (Phi) is 5.53. The van der Waals surface area contributed by atoms with E-state index in [4.69, 9.17) is 16.1 Å². The van der Waals surface area contributed by atoms with Crippen LogP contribution < -0.4 is 5.32 Å². The molecule has 0 saturated carbocycles. The van der Waals surface area contributed by atoms with Crippen LogP contribution in [0, 0.1) is 13.8 Å². The van der Waals surface area contributed by atoms with Gasteiger partial charge in [0.25, 0.3) is 0 Å². The van der Waals surface area contributed by atoms with Gasteiger partial charge in [-0.15, -0.1) is 0 Å². The quantitative estimate of drug-likeness (QED) is 0.625. The average molecular weight is 411 g/mol. The molecule has 150 valence electrons. The maximum absolute atomic E-state index is 12.6. The Bertz CT molecular complexity index is 1010. The van der Waals surface area contributed by atoms with E-state index in [-0.39, 0.29) is 11.9 Å². The third-order valence-electron chi connectivity index (χ3n) is 5.32. The van der Waals surface area contributed by atoms with Gasteiger partial charge in [-0.3, -0.25) is 0 Å². The molecule has 1 N–H and O–H groups in total. The molecule has 2 heterocycles. The fraction of sp³-hybridized carbons (Fsp3) is 0.318. The molecule has 0 bridgehead atoms. The van der Waals surface area contributed by atoms with Crippen LogP contribution in [0.1, 0.15) is 35.8 Å². The van der Waals surface area contributed by atoms with Crippen LogP contribution in [-0.4, -0.2) is 34.2 Å². The lowest BCUT2D eigenvalue weighted by molar-refractivity contribution is 0.187. The van der Waals surface area contributed by atoms with Crippen LogP contribution in [0.3, 0.4) is 0 Å². The van der Waals surface area contributed by atoms with Gasteiger partial charge < -0.3 is 14.7 Å². The predicted molar refractivity (Wildman–Crippen MR) is 113 cm³/mol. The van der Waals surface area contributed by atoms with Crippen LogP contribution in [0.5, 0.6) is 0 Å². The van der Waals surface area contributed by atoms with Crippen molar-refractivity contribution in [2.24, 2.45) is 0 Å². The summed E-state index contributed by atoms with van der Waals surface area (Å²) in [5.74, 6) is 1.42. The van der Waals surface area contributed by atoms with E-state index in [1.165, 1.54) is 5.56 Å². The van der Waals surface area contributed by atoms with Gasteiger partial charge in [-0.05, 0) is 44.4 Å². The molecule has 3 aromatic rings. The monoisotopic (exact) mass is 410 g/mol. The number of carbonyl (C=O) groups excluding carboxylic acids is 1. The second kappa shape index (κ2) is 8.25. The Morgan fingerprint density at radius 2 is 1.86 bits per heavy atom. The molecule has 1 saturated heterocycles. The number of nitrogens with zero attached hydrogens (tertiary/aromatic N) is 3. The number of hydrogen-bond acceptors (Lipinski definition) is 4. The molecule has 0 aliphatic carbocycles. The maximum Gasteiger partial charge on any atom is 0.321 e. The molecule has 7 heteroatoms. The normalized spacial score (nSPS) is 14.8. The van der Waals surface area contributed by atoms with Crippen molar-refractivity contribution in [3.8, 4) is 11.4 Å². The van der Waals surface area contributed by atoms with Gasteiger partial charge in [0.05, 0.1) is 0 Å². The summed E-state index contributed by atoms with van der Waals surface area (Å²) in [7, 11) is 0. The minimum Gasteiger partial charge on any atom is -0.339 e. The molecular formula is C22H23ClN4O2.